The number of phenols is 1. The minimum Gasteiger partial charge on any atom is -0.507 e. The normalized spacial score (nSPS) is 17.6. The number of phenolic OH excluding ortho intramolecular Hbond substituents is 1. The second-order valence-corrected chi connectivity index (χ2v) is 7.05. The van der Waals surface area contributed by atoms with Crippen molar-refractivity contribution in [2.45, 2.75) is 31.8 Å². The van der Waals surface area contributed by atoms with Crippen molar-refractivity contribution in [2.75, 3.05) is 5.32 Å². The third kappa shape index (κ3) is 2.54. The van der Waals surface area contributed by atoms with Crippen molar-refractivity contribution in [3.8, 4) is 5.75 Å². The van der Waals surface area contributed by atoms with Gasteiger partial charge in [-0.2, -0.15) is 0 Å². The number of anilines is 1. The van der Waals surface area contributed by atoms with E-state index in [0.29, 0.717) is 17.5 Å². The topological polar surface area (TPSA) is 90.0 Å². The molecule has 3 aromatic rings. The standard InChI is InChI=1S/C20H20N6O/c1-11(25-20-18-19(22-9-21-18)23-10-24-20)15-8-13-4-3-5-16(27)17(13)12(2)26(15)14-6-7-14/h3-5,8-11,14,27H,2,6-7H2,1H3,(H2,21,22,23,24,25). The van der Waals surface area contributed by atoms with Crippen molar-refractivity contribution in [2.24, 2.45) is 0 Å². The maximum atomic E-state index is 10.3. The molecule has 3 heterocycles. The monoisotopic (exact) mass is 360 g/mol. The average Bonchev–Trinajstić information content (AvgIpc) is 3.37. The second kappa shape index (κ2) is 5.84. The van der Waals surface area contributed by atoms with Gasteiger partial charge in [0.15, 0.2) is 11.5 Å². The van der Waals surface area contributed by atoms with E-state index in [-0.39, 0.29) is 11.8 Å². The molecule has 1 aliphatic heterocycles. The second-order valence-electron chi connectivity index (χ2n) is 7.05. The molecule has 1 aliphatic carbocycles. The summed E-state index contributed by atoms with van der Waals surface area (Å²) in [6.45, 7) is 6.40. The lowest BCUT2D eigenvalue weighted by atomic mass is 9.95. The lowest BCUT2D eigenvalue weighted by Gasteiger charge is -2.37. The van der Waals surface area contributed by atoms with E-state index in [1.807, 2.05) is 12.1 Å². The number of hydrogen-bond acceptors (Lipinski definition) is 6. The minimum absolute atomic E-state index is 0.0146. The number of aromatic amines is 1. The lowest BCUT2D eigenvalue weighted by molar-refractivity contribution is 0.439. The Morgan fingerprint density at radius 3 is 2.96 bits per heavy atom. The summed E-state index contributed by atoms with van der Waals surface area (Å²) in [7, 11) is 0. The maximum absolute atomic E-state index is 10.3. The van der Waals surface area contributed by atoms with Gasteiger partial charge in [0.25, 0.3) is 0 Å². The van der Waals surface area contributed by atoms with Crippen LogP contribution in [0.4, 0.5) is 5.82 Å². The molecule has 2 aliphatic rings. The van der Waals surface area contributed by atoms with Crippen molar-refractivity contribution < 1.29 is 5.11 Å². The molecular weight excluding hydrogens is 340 g/mol. The quantitative estimate of drug-likeness (QED) is 0.661. The fraction of sp³-hybridized carbons (Fsp3) is 0.250. The highest BCUT2D eigenvalue weighted by Crippen LogP contribution is 2.44. The molecular formula is C20H20N6O. The van der Waals surface area contributed by atoms with Gasteiger partial charge in [0, 0.05) is 23.0 Å². The number of aromatic hydroxyl groups is 1. The number of nitrogens with zero attached hydrogens (tertiary/aromatic N) is 4. The fourth-order valence-corrected chi connectivity index (χ4v) is 3.75. The Morgan fingerprint density at radius 1 is 1.30 bits per heavy atom. The molecule has 7 nitrogen and oxygen atoms in total. The van der Waals surface area contributed by atoms with Crippen LogP contribution >= 0.6 is 0 Å². The molecule has 2 aromatic heterocycles. The first-order valence-electron chi connectivity index (χ1n) is 9.06. The van der Waals surface area contributed by atoms with Gasteiger partial charge in [-0.1, -0.05) is 18.7 Å². The molecule has 1 unspecified atom stereocenters. The Bertz CT molecular complexity index is 1080. The number of H-pyrrole nitrogens is 1. The molecule has 7 heteroatoms. The predicted octanol–water partition coefficient (Wildman–Crippen LogP) is 3.35. The van der Waals surface area contributed by atoms with Crippen molar-refractivity contribution in [3.63, 3.8) is 0 Å². The van der Waals surface area contributed by atoms with Crippen LogP contribution in [0.5, 0.6) is 5.75 Å². The molecule has 27 heavy (non-hydrogen) atoms. The van der Waals surface area contributed by atoms with E-state index in [4.69, 9.17) is 0 Å². The summed E-state index contributed by atoms with van der Waals surface area (Å²) in [4.78, 5) is 18.1. The van der Waals surface area contributed by atoms with Crippen molar-refractivity contribution >= 4 is 28.8 Å². The zero-order valence-electron chi connectivity index (χ0n) is 15.0. The van der Waals surface area contributed by atoms with Crippen LogP contribution in [-0.2, 0) is 0 Å². The van der Waals surface area contributed by atoms with Crippen LogP contribution in [0.2, 0.25) is 0 Å². The first kappa shape index (κ1) is 15.9. The van der Waals surface area contributed by atoms with Crippen LogP contribution in [0.3, 0.4) is 0 Å². The van der Waals surface area contributed by atoms with Gasteiger partial charge in [0.1, 0.15) is 17.6 Å². The number of rotatable bonds is 4. The summed E-state index contributed by atoms with van der Waals surface area (Å²) in [5.41, 5.74) is 5.19. The van der Waals surface area contributed by atoms with Crippen molar-refractivity contribution in [1.29, 1.82) is 0 Å². The van der Waals surface area contributed by atoms with E-state index >= 15 is 0 Å². The SMILES string of the molecule is C=C1c2c(O)cccc2C=C(C(C)Nc2ncnc3nc[nH]c23)N1C1CC1. The Balaban J connectivity index is 1.55. The summed E-state index contributed by atoms with van der Waals surface area (Å²) in [5, 5.41) is 13.8. The summed E-state index contributed by atoms with van der Waals surface area (Å²) in [5.74, 6) is 0.989. The molecule has 3 N–H and O–H groups in total. The number of aromatic nitrogens is 4. The van der Waals surface area contributed by atoms with Gasteiger partial charge in [-0.3, -0.25) is 0 Å². The number of benzene rings is 1. The van der Waals surface area contributed by atoms with Gasteiger partial charge in [0.2, 0.25) is 0 Å². The molecule has 0 bridgehead atoms. The van der Waals surface area contributed by atoms with E-state index in [1.165, 1.54) is 6.33 Å². The van der Waals surface area contributed by atoms with Gasteiger partial charge in [-0.05, 0) is 37.5 Å². The average molecular weight is 360 g/mol. The van der Waals surface area contributed by atoms with Gasteiger partial charge in [0.05, 0.1) is 12.4 Å². The van der Waals surface area contributed by atoms with Crippen molar-refractivity contribution in [1.82, 2.24) is 24.8 Å². The van der Waals surface area contributed by atoms with Crippen molar-refractivity contribution in [3.05, 3.63) is 54.3 Å². The molecule has 1 saturated carbocycles. The summed E-state index contributed by atoms with van der Waals surface area (Å²) >= 11 is 0. The Labute approximate surface area is 156 Å². The number of nitrogens with one attached hydrogen (secondary N) is 2. The van der Waals surface area contributed by atoms with E-state index in [2.05, 4.69) is 49.7 Å². The summed E-state index contributed by atoms with van der Waals surface area (Å²) in [6.07, 6.45) is 7.52. The highest BCUT2D eigenvalue weighted by atomic mass is 16.3. The molecule has 0 amide bonds. The predicted molar refractivity (Wildman–Crippen MR) is 105 cm³/mol. The highest BCUT2D eigenvalue weighted by Gasteiger charge is 2.37. The lowest BCUT2D eigenvalue weighted by Crippen LogP contribution is -2.35. The van der Waals surface area contributed by atoms with E-state index < -0.39 is 0 Å². The smallest absolute Gasteiger partial charge is 0.182 e. The molecule has 5 rings (SSSR count). The Morgan fingerprint density at radius 2 is 2.15 bits per heavy atom. The molecule has 0 saturated heterocycles. The first-order valence-corrected chi connectivity index (χ1v) is 9.06. The zero-order valence-corrected chi connectivity index (χ0v) is 15.0. The largest absolute Gasteiger partial charge is 0.507 e. The van der Waals surface area contributed by atoms with Crippen LogP contribution in [-0.4, -0.2) is 42.0 Å². The van der Waals surface area contributed by atoms with Crippen LogP contribution in [0, 0.1) is 0 Å². The summed E-state index contributed by atoms with van der Waals surface area (Å²) in [6, 6.07) is 6.00. The van der Waals surface area contributed by atoms with E-state index in [9.17, 15) is 5.11 Å². The number of hydrogen-bond donors (Lipinski definition) is 3. The van der Waals surface area contributed by atoms with Gasteiger partial charge in [-0.15, -0.1) is 0 Å². The zero-order chi connectivity index (χ0) is 18.5. The Hall–Kier alpha value is -3.35. The number of fused-ring (bicyclic) bond motifs is 2. The third-order valence-electron chi connectivity index (χ3n) is 5.17. The third-order valence-corrected chi connectivity index (χ3v) is 5.17. The van der Waals surface area contributed by atoms with Gasteiger partial charge < -0.3 is 20.3 Å². The van der Waals surface area contributed by atoms with E-state index in [0.717, 1.165) is 40.9 Å². The fourth-order valence-electron chi connectivity index (χ4n) is 3.75. The molecule has 0 radical (unpaired) electrons. The molecule has 0 spiro atoms. The molecule has 1 fully saturated rings. The molecule has 1 atom stereocenters. The summed E-state index contributed by atoms with van der Waals surface area (Å²) < 4.78 is 0. The Kier molecular flexibility index (Phi) is 3.43. The van der Waals surface area contributed by atoms with Crippen LogP contribution in [0.1, 0.15) is 30.9 Å². The highest BCUT2D eigenvalue weighted by molar-refractivity contribution is 5.84. The van der Waals surface area contributed by atoms with Gasteiger partial charge in [-0.25, -0.2) is 15.0 Å². The molecule has 1 aromatic carbocycles. The minimum atomic E-state index is -0.0146. The number of imidazole rings is 1. The maximum Gasteiger partial charge on any atom is 0.182 e. The van der Waals surface area contributed by atoms with E-state index in [1.54, 1.807) is 12.4 Å². The van der Waals surface area contributed by atoms with Gasteiger partial charge >= 0.3 is 0 Å². The van der Waals surface area contributed by atoms with Crippen LogP contribution in [0.15, 0.2) is 43.1 Å². The van der Waals surface area contributed by atoms with Crippen LogP contribution in [0.25, 0.3) is 22.9 Å². The molecule has 136 valence electrons. The first-order chi connectivity index (χ1) is 13.1. The van der Waals surface area contributed by atoms with Crippen LogP contribution < -0.4 is 5.32 Å².